The molecule has 1 saturated carbocycles. The number of thioether (sulfide) groups is 1. The maximum Gasteiger partial charge on any atom is 0.253 e. The molecule has 0 radical (unpaired) electrons. The highest BCUT2D eigenvalue weighted by molar-refractivity contribution is 8.00. The molecule has 2 aliphatic carbocycles. The van der Waals surface area contributed by atoms with Gasteiger partial charge in [-0.15, -0.1) is 0 Å². The fourth-order valence-corrected chi connectivity index (χ4v) is 7.23. The van der Waals surface area contributed by atoms with Gasteiger partial charge in [0, 0.05) is 31.5 Å². The summed E-state index contributed by atoms with van der Waals surface area (Å²) in [4.78, 5) is 15.2. The third kappa shape index (κ3) is 4.87. The third-order valence-corrected chi connectivity index (χ3v) is 9.52. The smallest absolute Gasteiger partial charge is 0.253 e. The van der Waals surface area contributed by atoms with Crippen LogP contribution in [0.1, 0.15) is 67.5 Å². The zero-order valence-corrected chi connectivity index (χ0v) is 24.8. The first-order valence-corrected chi connectivity index (χ1v) is 15.1. The second-order valence-electron chi connectivity index (χ2n) is 12.6. The van der Waals surface area contributed by atoms with Crippen LogP contribution in [-0.2, 0) is 14.9 Å². The first-order valence-electron chi connectivity index (χ1n) is 14.2. The number of allylic oxidation sites excluding steroid dienone is 4. The molecule has 212 valence electrons. The molecule has 5 nitrogen and oxygen atoms in total. The van der Waals surface area contributed by atoms with E-state index in [-0.39, 0.29) is 43.0 Å². The Kier molecular flexibility index (Phi) is 6.65. The van der Waals surface area contributed by atoms with Crippen molar-refractivity contribution in [3.8, 4) is 0 Å². The van der Waals surface area contributed by atoms with Crippen LogP contribution in [0.3, 0.4) is 0 Å². The van der Waals surface area contributed by atoms with Crippen LogP contribution in [-0.4, -0.2) is 11.4 Å². The van der Waals surface area contributed by atoms with Gasteiger partial charge in [0.2, 0.25) is 0 Å². The lowest BCUT2D eigenvalue weighted by Crippen LogP contribution is -2.38. The Morgan fingerprint density at radius 1 is 1.18 bits per heavy atom. The molecule has 2 heterocycles. The molecular formula is C34H43N3O2S. The molecule has 0 spiro atoms. The molecule has 0 aromatic heterocycles. The maximum atomic E-state index is 14.1. The van der Waals surface area contributed by atoms with E-state index < -0.39 is 0 Å². The molecule has 1 amide bonds. The summed E-state index contributed by atoms with van der Waals surface area (Å²) in [6, 6.07) is 16.9. The molecule has 1 fully saturated rings. The van der Waals surface area contributed by atoms with Gasteiger partial charge < -0.3 is 20.7 Å². The van der Waals surface area contributed by atoms with E-state index >= 15 is 0 Å². The Morgan fingerprint density at radius 2 is 1.93 bits per heavy atom. The molecular weight excluding hydrogens is 514 g/mol. The fourth-order valence-electron chi connectivity index (χ4n) is 6.21. The van der Waals surface area contributed by atoms with Gasteiger partial charge in [-0.2, -0.15) is 0 Å². The van der Waals surface area contributed by atoms with Crippen molar-refractivity contribution in [2.45, 2.75) is 69.4 Å². The van der Waals surface area contributed by atoms with Crippen LogP contribution in [0.2, 0.25) is 0 Å². The minimum atomic E-state index is -0.293. The lowest BCUT2D eigenvalue weighted by atomic mass is 9.84. The molecule has 6 heteroatoms. The Morgan fingerprint density at radius 3 is 2.62 bits per heavy atom. The molecule has 4 aliphatic rings. The second kappa shape index (κ2) is 9.91. The fraction of sp³-hybridized carbons (Fsp3) is 0.382. The van der Waals surface area contributed by atoms with E-state index in [2.05, 4.69) is 98.8 Å². The monoisotopic (exact) mass is 557 g/mol. The minimum Gasteiger partial charge on any atom is -0.488 e. The summed E-state index contributed by atoms with van der Waals surface area (Å²) in [5.41, 5.74) is 5.85. The number of anilines is 1. The lowest BCUT2D eigenvalue weighted by Gasteiger charge is -2.23. The van der Waals surface area contributed by atoms with E-state index in [1.54, 1.807) is 11.8 Å². The Bertz CT molecular complexity index is 1430. The van der Waals surface area contributed by atoms with Gasteiger partial charge in [0.25, 0.3) is 5.91 Å². The Hall–Kier alpha value is -3.38. The maximum absolute atomic E-state index is 14.1. The number of rotatable bonds is 6. The van der Waals surface area contributed by atoms with Crippen molar-refractivity contribution in [1.29, 1.82) is 0 Å². The van der Waals surface area contributed by atoms with Crippen LogP contribution in [0, 0.1) is 17.3 Å². The van der Waals surface area contributed by atoms with Crippen LogP contribution >= 0.6 is 11.8 Å². The van der Waals surface area contributed by atoms with Gasteiger partial charge >= 0.3 is 0 Å². The van der Waals surface area contributed by atoms with E-state index in [1.807, 2.05) is 25.1 Å². The SMILES string of the molecule is C=C(C)NC1=CC2CC2(C2=C(C(=O)NC3Nc4ccccc4S3)C(C)C(c3ccc(C(C)(C)C)cc3)O2)C=CC1.[HH].[HH]. The molecule has 6 rings (SSSR count). The molecule has 0 bridgehead atoms. The van der Waals surface area contributed by atoms with Crippen molar-refractivity contribution in [2.24, 2.45) is 17.3 Å². The number of amides is 1. The van der Waals surface area contributed by atoms with Gasteiger partial charge in [-0.3, -0.25) is 4.79 Å². The number of nitrogens with one attached hydrogen (secondary N) is 3. The number of carbonyl (C=O) groups is 1. The molecule has 5 atom stereocenters. The predicted octanol–water partition coefficient (Wildman–Crippen LogP) is 8.03. The van der Waals surface area contributed by atoms with Crippen LogP contribution < -0.4 is 16.0 Å². The largest absolute Gasteiger partial charge is 0.488 e. The van der Waals surface area contributed by atoms with Crippen LogP contribution in [0.5, 0.6) is 0 Å². The average molecular weight is 558 g/mol. The van der Waals surface area contributed by atoms with E-state index in [4.69, 9.17) is 4.74 Å². The lowest BCUT2D eigenvalue weighted by molar-refractivity contribution is -0.118. The average Bonchev–Trinajstić information content (AvgIpc) is 3.28. The Balaban J connectivity index is 0.00000202. The van der Waals surface area contributed by atoms with E-state index in [1.165, 1.54) is 5.56 Å². The summed E-state index contributed by atoms with van der Waals surface area (Å²) in [6.45, 7) is 14.8. The number of benzene rings is 2. The summed E-state index contributed by atoms with van der Waals surface area (Å²) < 4.78 is 6.87. The van der Waals surface area contributed by atoms with Crippen molar-refractivity contribution >= 4 is 23.4 Å². The van der Waals surface area contributed by atoms with Gasteiger partial charge in [-0.25, -0.2) is 0 Å². The number of ether oxygens (including phenoxy) is 1. The van der Waals surface area contributed by atoms with E-state index in [0.717, 1.165) is 51.7 Å². The van der Waals surface area contributed by atoms with Crippen molar-refractivity contribution in [1.82, 2.24) is 10.6 Å². The molecule has 2 aromatic carbocycles. The first kappa shape index (κ1) is 26.8. The minimum absolute atomic E-state index is 0. The zero-order valence-electron chi connectivity index (χ0n) is 24.0. The van der Waals surface area contributed by atoms with Gasteiger partial charge in [-0.05, 0) is 47.9 Å². The highest BCUT2D eigenvalue weighted by Gasteiger charge is 2.60. The van der Waals surface area contributed by atoms with E-state index in [0.29, 0.717) is 0 Å². The standard InChI is InChI=1S/C34H39N3O2S.2H2/c1-20(2)35-25-10-9-17-34(19-24(34)18-25)30-28(31(38)37-32-36-26-11-7-8-12-27(26)40-32)21(3)29(39-30)22-13-15-23(16-14-22)33(4,5)6;;/h7-9,11-18,21,24,29,32,35-36H,1,10,19H2,2-6H3,(H,37,38);2*1H. The van der Waals surface area contributed by atoms with Crippen LogP contribution in [0.15, 0.2) is 101 Å². The van der Waals surface area contributed by atoms with Crippen LogP contribution in [0.4, 0.5) is 5.69 Å². The van der Waals surface area contributed by atoms with Gasteiger partial charge in [0.05, 0.1) is 16.7 Å². The molecule has 5 unspecified atom stereocenters. The number of fused-ring (bicyclic) bond motifs is 2. The summed E-state index contributed by atoms with van der Waals surface area (Å²) >= 11 is 1.63. The highest BCUT2D eigenvalue weighted by Crippen LogP contribution is 2.65. The molecule has 3 N–H and O–H groups in total. The summed E-state index contributed by atoms with van der Waals surface area (Å²) in [7, 11) is 0. The van der Waals surface area contributed by atoms with Crippen molar-refractivity contribution in [2.75, 3.05) is 5.32 Å². The number of carbonyl (C=O) groups excluding carboxylic acids is 1. The zero-order chi connectivity index (χ0) is 28.2. The quantitative estimate of drug-likeness (QED) is 0.314. The highest BCUT2D eigenvalue weighted by atomic mass is 32.2. The third-order valence-electron chi connectivity index (χ3n) is 8.44. The van der Waals surface area contributed by atoms with Crippen LogP contribution in [0.25, 0.3) is 0 Å². The van der Waals surface area contributed by atoms with Gasteiger partial charge in [0.15, 0.2) is 5.50 Å². The summed E-state index contributed by atoms with van der Waals surface area (Å²) in [5.74, 6) is 0.963. The Labute approximate surface area is 245 Å². The number of para-hydroxylation sites is 1. The predicted molar refractivity (Wildman–Crippen MR) is 168 cm³/mol. The van der Waals surface area contributed by atoms with Crippen molar-refractivity contribution in [3.63, 3.8) is 0 Å². The topological polar surface area (TPSA) is 62.4 Å². The van der Waals surface area contributed by atoms with Crippen molar-refractivity contribution < 1.29 is 12.4 Å². The summed E-state index contributed by atoms with van der Waals surface area (Å²) in [6.07, 6.45) is 8.33. The number of hydrogen-bond acceptors (Lipinski definition) is 5. The normalized spacial score (nSPS) is 28.5. The first-order chi connectivity index (χ1) is 19.0. The molecule has 2 aliphatic heterocycles. The molecule has 40 heavy (non-hydrogen) atoms. The van der Waals surface area contributed by atoms with E-state index in [9.17, 15) is 4.79 Å². The van der Waals surface area contributed by atoms with Gasteiger partial charge in [0.1, 0.15) is 11.9 Å². The molecule has 0 saturated heterocycles. The summed E-state index contributed by atoms with van der Waals surface area (Å²) in [5, 5.41) is 10.1. The second-order valence-corrected chi connectivity index (χ2v) is 13.8. The van der Waals surface area contributed by atoms with Crippen molar-refractivity contribution in [3.05, 3.63) is 107 Å². The molecule has 2 aromatic rings. The van der Waals surface area contributed by atoms with Gasteiger partial charge in [-0.1, -0.05) is 101 Å². The number of hydrogen-bond donors (Lipinski definition) is 3.